The normalized spacial score (nSPS) is 54.8. The van der Waals surface area contributed by atoms with E-state index in [1.807, 2.05) is 0 Å². The zero-order chi connectivity index (χ0) is 96.1. The van der Waals surface area contributed by atoms with Crippen molar-refractivity contribution in [3.63, 3.8) is 0 Å². The largest absolute Gasteiger partial charge is 0.394 e. The average Bonchev–Trinajstić information content (AvgIpc) is 0.761. The Bertz CT molecular complexity index is 2910. The van der Waals surface area contributed by atoms with Gasteiger partial charge in [0.25, 0.3) is 0 Å². The summed E-state index contributed by atoms with van der Waals surface area (Å²) < 4.78 is 142. The molecule has 12 bridgehead atoms. The lowest BCUT2D eigenvalue weighted by molar-refractivity contribution is -0.411. The van der Waals surface area contributed by atoms with E-state index in [0.29, 0.717) is 0 Å². The molecule has 768 valence electrons. The van der Waals surface area contributed by atoms with Crippen LogP contribution in [0.4, 0.5) is 0 Å². The molecule has 0 aromatic rings. The van der Waals surface area contributed by atoms with E-state index in [-0.39, 0.29) is 0 Å². The summed E-state index contributed by atoms with van der Waals surface area (Å²) in [5.74, 6) is 0. The molecule has 0 amide bonds. The monoisotopic (exact) mass is 1940 g/mol. The van der Waals surface area contributed by atoms with Gasteiger partial charge in [0, 0.05) is 0 Å². The molecule has 0 saturated carbocycles. The molecule has 60 heteroatoms. The minimum atomic E-state index is -2.68. The second kappa shape index (κ2) is 45.9. The van der Waals surface area contributed by atoms with E-state index in [4.69, 9.17) is 114 Å². The van der Waals surface area contributed by atoms with Crippen LogP contribution in [0, 0.1) is 0 Å². The maximum Gasteiger partial charge on any atom is 0.187 e. The van der Waals surface area contributed by atoms with Crippen LogP contribution in [0.5, 0.6) is 0 Å². The minimum absolute atomic E-state index is 1.06. The fraction of sp³-hybridized carbons (Fsp3) is 1.00. The third-order valence-electron chi connectivity index (χ3n) is 25.2. The van der Waals surface area contributed by atoms with Crippen LogP contribution in [0.25, 0.3) is 0 Å². The van der Waals surface area contributed by atoms with Crippen LogP contribution in [-0.4, -0.2) is 632 Å². The van der Waals surface area contributed by atoms with Crippen molar-refractivity contribution in [3.8, 4) is 0 Å². The molecule has 0 aromatic heterocycles. The summed E-state index contributed by atoms with van der Waals surface area (Å²) in [6.07, 6.45) is -137. The van der Waals surface area contributed by atoms with Gasteiger partial charge in [0.15, 0.2) is 75.5 Å². The van der Waals surface area contributed by atoms with Gasteiger partial charge in [-0.15, -0.1) is 0 Å². The van der Waals surface area contributed by atoms with Crippen LogP contribution in [0.3, 0.4) is 0 Å². The standard InChI is InChI=1S/C72H120O60/c73-1-13-25(79)31(85)43(97)61(115-13)109-7-19-55-37(91)49(103)67(121-19)128-56-20(8-110-62-44(98)32(86)26(80)14(2-74)116-62)123-69(51(105)39(56)93)130-58-22(10-112-64-46(100)34(88)28(82)16(4-76)118-64)125-71(53(107)41(58)95)132-60-24(12-114-66-48(102)36(90)30(84)18(6-78)120-66)126-72(54(108)42(60)96)131-59-23(11-113-65-47(101)35(89)29(83)17(5-77)119-65)124-70(52(106)40(59)94)129-57-21(122-68(127-55)50(104)38(57)92)9-111-63-45(99)33(87)27(81)15(3-75)117-63/h13-108H,1-12H2/t13-,14-,15-,16-,17-,18-,19-,20-,21-,22-,23-,24-,25+,26+,27+,28+,29+,30+,31+,32+,33+,34+,35+,36+,37-,38-,39-,40-,41-,42-,43-,44-,45-,46-,47-,48-,49-,50-,51-,52-,53-,54-,55-,56-,57-,58-,59-,60-,61-,62-,63-,64-,65-,66-,67-,68-,69-,70-,71-,72-/m1/s1. The van der Waals surface area contributed by atoms with Gasteiger partial charge in [-0.25, -0.2) is 0 Å². The van der Waals surface area contributed by atoms with Crippen molar-refractivity contribution in [1.29, 1.82) is 0 Å². The van der Waals surface area contributed by atoms with Crippen LogP contribution < -0.4 is 0 Å². The maximum atomic E-state index is 12.5. The molecule has 0 radical (unpaired) electrons. The van der Waals surface area contributed by atoms with Crippen LogP contribution in [-0.2, 0) is 114 Å². The first-order valence-electron chi connectivity index (χ1n) is 42.2. The fourth-order valence-electron chi connectivity index (χ4n) is 17.2. The molecule has 28 aliphatic rings. The van der Waals surface area contributed by atoms with Crippen molar-refractivity contribution in [2.75, 3.05) is 79.3 Å². The molecule has 60 atom stereocenters. The molecule has 36 N–H and O–H groups in total. The predicted molar refractivity (Wildman–Crippen MR) is 392 cm³/mol. The zero-order valence-electron chi connectivity index (χ0n) is 69.0. The third kappa shape index (κ3) is 22.2. The summed E-state index contributed by atoms with van der Waals surface area (Å²) in [4.78, 5) is 0. The highest BCUT2D eigenvalue weighted by Crippen LogP contribution is 2.42. The molecule has 28 rings (SSSR count). The van der Waals surface area contributed by atoms with E-state index in [1.54, 1.807) is 0 Å². The van der Waals surface area contributed by atoms with Crippen LogP contribution in [0.1, 0.15) is 0 Å². The van der Waals surface area contributed by atoms with Gasteiger partial charge in [-0.2, -0.15) is 0 Å². The van der Waals surface area contributed by atoms with Gasteiger partial charge in [-0.1, -0.05) is 0 Å². The number of hydrogen-bond donors (Lipinski definition) is 36. The van der Waals surface area contributed by atoms with E-state index in [9.17, 15) is 184 Å². The van der Waals surface area contributed by atoms with E-state index >= 15 is 0 Å². The van der Waals surface area contributed by atoms with E-state index < -0.39 is 448 Å². The summed E-state index contributed by atoms with van der Waals surface area (Å²) in [5, 5.41) is 406. The molecule has 0 aromatic carbocycles. The van der Waals surface area contributed by atoms with E-state index in [1.165, 1.54) is 0 Å². The van der Waals surface area contributed by atoms with Gasteiger partial charge in [0.1, 0.15) is 293 Å². The number of rotatable bonds is 24. The van der Waals surface area contributed by atoms with Crippen molar-refractivity contribution in [1.82, 2.24) is 0 Å². The lowest BCUT2D eigenvalue weighted by atomic mass is 9.94. The van der Waals surface area contributed by atoms with Crippen LogP contribution >= 0.6 is 0 Å². The van der Waals surface area contributed by atoms with E-state index in [0.717, 1.165) is 0 Å². The Labute approximate surface area is 743 Å². The molecule has 0 unspecified atom stereocenters. The van der Waals surface area contributed by atoms with E-state index in [2.05, 4.69) is 0 Å². The van der Waals surface area contributed by atoms with Crippen molar-refractivity contribution >= 4 is 0 Å². The lowest BCUT2D eigenvalue weighted by Gasteiger charge is -2.51. The van der Waals surface area contributed by atoms with Crippen LogP contribution in [0.15, 0.2) is 0 Å². The third-order valence-corrected chi connectivity index (χ3v) is 25.2. The van der Waals surface area contributed by atoms with Crippen molar-refractivity contribution < 1.29 is 298 Å². The van der Waals surface area contributed by atoms with Gasteiger partial charge in [0.05, 0.1) is 79.3 Å². The second-order valence-corrected chi connectivity index (χ2v) is 33.9. The molecule has 0 spiro atoms. The van der Waals surface area contributed by atoms with Gasteiger partial charge in [-0.3, -0.25) is 0 Å². The van der Waals surface area contributed by atoms with Crippen LogP contribution in [0.2, 0.25) is 0 Å². The SMILES string of the molecule is OC[C@H]1O[C@@H](OC[C@H]2O[C@@H]3O[C@H]4[C@H](O)[C@@H](O)[C@@H](O[C@H]5[C@H](O)[C@@H](O)[C@@H](O[C@H]6[C@H](O)[C@@H](O)[C@@H](O[C@H]7[C@H](O)[C@@H](O)[C@@H](O[C@H]8[C@H](O)[C@@H](O)[C@@H](O[C@H]2[C@H](O)[C@H]3O)O[C@@H]8CO[C@@H]2O[C@H](CO)[C@H](O)[C@H](O)[C@H]2O)O[C@@H]7CO[C@@H]2O[C@H](CO)[C@H](O)[C@H](O)[C@H]2O)O[C@@H]6CO[C@@H]2O[C@H](CO)[C@H](O)[C@H](O)[C@H]2O)O[C@@H]5CO[C@@H]2O[C@H](CO)[C@H](O)[C@H](O)[C@H]2O)O[C@@H]4CO[C@@H]2O[C@H](CO)[C@H](O)[C@H](O)[C@H]2O)[C@H](O)[C@@H](O)[C@H]1O. The molecule has 28 saturated heterocycles. The Morgan fingerprint density at radius 1 is 0.121 bits per heavy atom. The smallest absolute Gasteiger partial charge is 0.187 e. The molecular formula is C72H120O60. The molecule has 132 heavy (non-hydrogen) atoms. The molecule has 60 nitrogen and oxygen atoms in total. The minimum Gasteiger partial charge on any atom is -0.394 e. The topological polar surface area (TPSA) is 950 Å². The quantitative estimate of drug-likeness (QED) is 0.0427. The predicted octanol–water partition coefficient (Wildman–Crippen LogP) is -26.1. The van der Waals surface area contributed by atoms with Gasteiger partial charge >= 0.3 is 0 Å². The summed E-state index contributed by atoms with van der Waals surface area (Å²) in [5.41, 5.74) is 0. The molecule has 28 heterocycles. The zero-order valence-corrected chi connectivity index (χ0v) is 69.0. The summed E-state index contributed by atoms with van der Waals surface area (Å²) in [6.45, 7) is -13.7. The lowest BCUT2D eigenvalue weighted by Crippen LogP contribution is -2.69. The average molecular weight is 1950 g/mol. The Morgan fingerprint density at radius 3 is 0.356 bits per heavy atom. The van der Waals surface area contributed by atoms with Gasteiger partial charge < -0.3 is 298 Å². The second-order valence-electron chi connectivity index (χ2n) is 33.9. The Kier molecular flexibility index (Phi) is 37.2. The Morgan fingerprint density at radius 2 is 0.242 bits per heavy atom. The number of aliphatic hydroxyl groups is 36. The van der Waals surface area contributed by atoms with Gasteiger partial charge in [-0.05, 0) is 0 Å². The number of hydrogen-bond acceptors (Lipinski definition) is 60. The fourth-order valence-corrected chi connectivity index (χ4v) is 17.2. The highest BCUT2D eigenvalue weighted by Gasteiger charge is 2.63. The molecular weight excluding hydrogens is 1820 g/mol. The number of ether oxygens (including phenoxy) is 24. The summed E-state index contributed by atoms with van der Waals surface area (Å²) in [6, 6.07) is 0. The highest BCUT2D eigenvalue weighted by molar-refractivity contribution is 5.05. The first-order chi connectivity index (χ1) is 62.6. The summed E-state index contributed by atoms with van der Waals surface area (Å²) >= 11 is 0. The number of aliphatic hydroxyl groups excluding tert-OH is 36. The summed E-state index contributed by atoms with van der Waals surface area (Å²) in [7, 11) is 0. The first kappa shape index (κ1) is 107. The molecule has 0 aliphatic carbocycles. The molecule has 28 fully saturated rings. The highest BCUT2D eigenvalue weighted by atomic mass is 16.8. The van der Waals surface area contributed by atoms with Crippen molar-refractivity contribution in [2.45, 2.75) is 368 Å². The maximum absolute atomic E-state index is 12.5. The van der Waals surface area contributed by atoms with Crippen molar-refractivity contribution in [3.05, 3.63) is 0 Å². The Hall–Kier alpha value is -2.40. The Balaban J connectivity index is 0.914. The first-order valence-corrected chi connectivity index (χ1v) is 42.2. The van der Waals surface area contributed by atoms with Crippen molar-refractivity contribution in [2.24, 2.45) is 0 Å². The van der Waals surface area contributed by atoms with Gasteiger partial charge in [0.2, 0.25) is 0 Å². The molecule has 28 aliphatic heterocycles.